The highest BCUT2D eigenvalue weighted by molar-refractivity contribution is 7.91. The van der Waals surface area contributed by atoms with E-state index < -0.39 is 31.1 Å². The Bertz CT molecular complexity index is 675. The molecular weight excluding hydrogens is 318 g/mol. The van der Waals surface area contributed by atoms with Crippen LogP contribution in [-0.4, -0.2) is 25.1 Å². The zero-order chi connectivity index (χ0) is 16.5. The van der Waals surface area contributed by atoms with Crippen molar-refractivity contribution in [3.05, 3.63) is 28.3 Å². The van der Waals surface area contributed by atoms with Gasteiger partial charge in [0.2, 0.25) is 9.84 Å². The third-order valence-corrected chi connectivity index (χ3v) is 5.35. The van der Waals surface area contributed by atoms with Gasteiger partial charge in [0.25, 0.3) is 5.69 Å². The van der Waals surface area contributed by atoms with Crippen LogP contribution < -0.4 is 5.32 Å². The van der Waals surface area contributed by atoms with E-state index in [2.05, 4.69) is 5.32 Å². The molecular formula is C13H16F2N2O4S. The van der Waals surface area contributed by atoms with Crippen LogP contribution >= 0.6 is 0 Å². The molecule has 2 rings (SSSR count). The van der Waals surface area contributed by atoms with Crippen LogP contribution in [0.1, 0.15) is 26.2 Å². The highest BCUT2D eigenvalue weighted by atomic mass is 32.2. The van der Waals surface area contributed by atoms with Crippen molar-refractivity contribution < 1.29 is 22.1 Å². The lowest BCUT2D eigenvalue weighted by atomic mass is 9.80. The Morgan fingerprint density at radius 1 is 1.36 bits per heavy atom. The van der Waals surface area contributed by atoms with E-state index in [1.807, 2.05) is 6.92 Å². The van der Waals surface area contributed by atoms with Crippen molar-refractivity contribution in [3.63, 3.8) is 0 Å². The standard InChI is InChI=1S/C13H16F2N2O4S/c1-8(9-3-2-4-9)16-11-6-5-10(7-12(11)17(18)19)22(20,21)13(14)15/h5-9,13,16H,2-4H2,1H3. The van der Waals surface area contributed by atoms with Crippen molar-refractivity contribution >= 4 is 21.2 Å². The molecule has 1 N–H and O–H groups in total. The maximum absolute atomic E-state index is 12.5. The molecule has 0 radical (unpaired) electrons. The van der Waals surface area contributed by atoms with E-state index in [-0.39, 0.29) is 11.7 Å². The Labute approximate surface area is 126 Å². The molecule has 1 atom stereocenters. The van der Waals surface area contributed by atoms with Gasteiger partial charge in [0.05, 0.1) is 9.82 Å². The maximum atomic E-state index is 12.5. The highest BCUT2D eigenvalue weighted by Crippen LogP contribution is 2.34. The number of nitrogens with one attached hydrogen (secondary N) is 1. The van der Waals surface area contributed by atoms with Crippen molar-refractivity contribution in [2.24, 2.45) is 5.92 Å². The smallest absolute Gasteiger partial charge is 0.341 e. The molecule has 1 unspecified atom stereocenters. The Morgan fingerprint density at radius 2 is 2.00 bits per heavy atom. The normalized spacial score (nSPS) is 17.1. The molecule has 6 nitrogen and oxygen atoms in total. The maximum Gasteiger partial charge on any atom is 0.341 e. The second-order valence-electron chi connectivity index (χ2n) is 5.37. The van der Waals surface area contributed by atoms with Gasteiger partial charge in [-0.15, -0.1) is 0 Å². The third kappa shape index (κ3) is 3.18. The molecule has 0 spiro atoms. The number of anilines is 1. The molecule has 122 valence electrons. The van der Waals surface area contributed by atoms with Crippen LogP contribution in [-0.2, 0) is 9.84 Å². The molecule has 0 amide bonds. The molecule has 1 fully saturated rings. The number of nitrogens with zero attached hydrogens (tertiary/aromatic N) is 1. The molecule has 9 heteroatoms. The topological polar surface area (TPSA) is 89.3 Å². The molecule has 0 aromatic heterocycles. The zero-order valence-corrected chi connectivity index (χ0v) is 12.6. The van der Waals surface area contributed by atoms with Crippen LogP contribution in [0.3, 0.4) is 0 Å². The first-order valence-corrected chi connectivity index (χ1v) is 8.35. The third-order valence-electron chi connectivity index (χ3n) is 3.97. The summed E-state index contributed by atoms with van der Waals surface area (Å²) in [6.45, 7) is 1.89. The fourth-order valence-electron chi connectivity index (χ4n) is 2.37. The second kappa shape index (κ2) is 6.15. The van der Waals surface area contributed by atoms with E-state index in [4.69, 9.17) is 0 Å². The molecule has 0 aliphatic heterocycles. The monoisotopic (exact) mass is 334 g/mol. The fraction of sp³-hybridized carbons (Fsp3) is 0.538. The summed E-state index contributed by atoms with van der Waals surface area (Å²) in [4.78, 5) is 9.56. The minimum Gasteiger partial charge on any atom is -0.377 e. The van der Waals surface area contributed by atoms with Gasteiger partial charge in [0.1, 0.15) is 5.69 Å². The Morgan fingerprint density at radius 3 is 2.45 bits per heavy atom. The highest BCUT2D eigenvalue weighted by Gasteiger charge is 2.30. The van der Waals surface area contributed by atoms with E-state index in [0.717, 1.165) is 25.3 Å². The second-order valence-corrected chi connectivity index (χ2v) is 7.28. The van der Waals surface area contributed by atoms with Gasteiger partial charge >= 0.3 is 5.76 Å². The van der Waals surface area contributed by atoms with Gasteiger partial charge in [0, 0.05) is 12.1 Å². The molecule has 0 bridgehead atoms. The molecule has 1 aliphatic carbocycles. The number of halogens is 2. The van der Waals surface area contributed by atoms with Crippen LogP contribution in [0.4, 0.5) is 20.2 Å². The minimum atomic E-state index is -4.85. The van der Waals surface area contributed by atoms with Gasteiger partial charge in [-0.2, -0.15) is 8.78 Å². The van der Waals surface area contributed by atoms with Crippen LogP contribution in [0, 0.1) is 16.0 Å². The molecule has 1 aliphatic rings. The van der Waals surface area contributed by atoms with Gasteiger partial charge in [-0.3, -0.25) is 10.1 Å². The lowest BCUT2D eigenvalue weighted by Crippen LogP contribution is -2.31. The Balaban J connectivity index is 2.33. The van der Waals surface area contributed by atoms with Crippen LogP contribution in [0.2, 0.25) is 0 Å². The predicted octanol–water partition coefficient (Wildman–Crippen LogP) is 3.19. The molecule has 0 heterocycles. The average Bonchev–Trinajstić information content (AvgIpc) is 2.36. The summed E-state index contributed by atoms with van der Waals surface area (Å²) in [5.74, 6) is -3.20. The van der Waals surface area contributed by atoms with Gasteiger partial charge in [-0.1, -0.05) is 6.42 Å². The molecule has 1 saturated carbocycles. The lowest BCUT2D eigenvalue weighted by Gasteiger charge is -2.32. The summed E-state index contributed by atoms with van der Waals surface area (Å²) >= 11 is 0. The zero-order valence-electron chi connectivity index (χ0n) is 11.8. The molecule has 1 aromatic carbocycles. The minimum absolute atomic E-state index is 0.00925. The number of hydrogen-bond acceptors (Lipinski definition) is 5. The van der Waals surface area contributed by atoms with E-state index in [1.165, 1.54) is 6.07 Å². The molecule has 1 aromatic rings. The number of nitro benzene ring substituents is 1. The van der Waals surface area contributed by atoms with Gasteiger partial charge < -0.3 is 5.32 Å². The first-order valence-electron chi connectivity index (χ1n) is 6.80. The molecule has 22 heavy (non-hydrogen) atoms. The Hall–Kier alpha value is -1.77. The van der Waals surface area contributed by atoms with Crippen molar-refractivity contribution in [1.82, 2.24) is 0 Å². The fourth-order valence-corrected chi connectivity index (χ4v) is 3.11. The van der Waals surface area contributed by atoms with E-state index in [9.17, 15) is 27.3 Å². The van der Waals surface area contributed by atoms with Crippen molar-refractivity contribution in [2.45, 2.75) is 42.9 Å². The number of rotatable bonds is 6. The van der Waals surface area contributed by atoms with E-state index in [1.54, 1.807) is 0 Å². The Kier molecular flexibility index (Phi) is 4.64. The van der Waals surface area contributed by atoms with Crippen molar-refractivity contribution in [2.75, 3.05) is 5.32 Å². The first-order chi connectivity index (χ1) is 10.2. The number of alkyl halides is 2. The average molecular weight is 334 g/mol. The SMILES string of the molecule is CC(Nc1ccc(S(=O)(=O)C(F)F)cc1[N+](=O)[O-])C1CCC1. The van der Waals surface area contributed by atoms with Gasteiger partial charge in [-0.25, -0.2) is 8.42 Å². The largest absolute Gasteiger partial charge is 0.377 e. The van der Waals surface area contributed by atoms with Gasteiger partial charge in [0.15, 0.2) is 0 Å². The lowest BCUT2D eigenvalue weighted by molar-refractivity contribution is -0.384. The predicted molar refractivity (Wildman–Crippen MR) is 76.7 cm³/mol. The number of nitro groups is 1. The summed E-state index contributed by atoms with van der Waals surface area (Å²) in [6.07, 6.45) is 3.17. The summed E-state index contributed by atoms with van der Waals surface area (Å²) in [6, 6.07) is 2.80. The van der Waals surface area contributed by atoms with Crippen molar-refractivity contribution in [1.29, 1.82) is 0 Å². The van der Waals surface area contributed by atoms with Gasteiger partial charge in [-0.05, 0) is 37.8 Å². The number of sulfone groups is 1. The van der Waals surface area contributed by atoms with Crippen molar-refractivity contribution in [3.8, 4) is 0 Å². The summed E-state index contributed by atoms with van der Waals surface area (Å²) in [5.41, 5.74) is -0.384. The number of benzene rings is 1. The van der Waals surface area contributed by atoms with E-state index >= 15 is 0 Å². The van der Waals surface area contributed by atoms with E-state index in [0.29, 0.717) is 12.0 Å². The summed E-state index contributed by atoms with van der Waals surface area (Å²) < 4.78 is 47.9. The summed E-state index contributed by atoms with van der Waals surface area (Å²) in [5, 5.41) is 14.1. The summed E-state index contributed by atoms with van der Waals surface area (Å²) in [7, 11) is -4.85. The van der Waals surface area contributed by atoms with Crippen LogP contribution in [0.25, 0.3) is 0 Å². The number of hydrogen-bond donors (Lipinski definition) is 1. The first kappa shape index (κ1) is 16.6. The molecule has 0 saturated heterocycles. The quantitative estimate of drug-likeness (QED) is 0.637. The van der Waals surface area contributed by atoms with Crippen LogP contribution in [0.15, 0.2) is 23.1 Å². The van der Waals surface area contributed by atoms with Crippen LogP contribution in [0.5, 0.6) is 0 Å².